The molecule has 7 nitrogen and oxygen atoms in total. The van der Waals surface area contributed by atoms with Crippen LogP contribution in [0.1, 0.15) is 23.0 Å². The van der Waals surface area contributed by atoms with Gasteiger partial charge in [0.2, 0.25) is 5.95 Å². The average molecular weight is 443 g/mol. The summed E-state index contributed by atoms with van der Waals surface area (Å²) >= 11 is 12.4. The standard InChI is InChI=1S/C21H16Cl2N4O3/c1-3-29-19(28)17-11(2)24-20(26-18(17)13-9-8-12(22)10-14(13)23)27-21-25-15-6-4-5-7-16(15)30-21/h4-10H,3H2,1-2H3,(H,24,25,26,27). The summed E-state index contributed by atoms with van der Waals surface area (Å²) in [6, 6.07) is 12.5. The number of halogens is 2. The SMILES string of the molecule is CCOC(=O)c1c(C)nc(Nc2nc3ccccc3o2)nc1-c1ccc(Cl)cc1Cl. The molecule has 152 valence electrons. The first-order valence-corrected chi connectivity index (χ1v) is 9.85. The van der Waals surface area contributed by atoms with Crippen LogP contribution in [0.5, 0.6) is 0 Å². The van der Waals surface area contributed by atoms with Gasteiger partial charge in [0.25, 0.3) is 0 Å². The van der Waals surface area contributed by atoms with Gasteiger partial charge in [-0.05, 0) is 44.2 Å². The molecule has 4 rings (SSSR count). The third-order valence-electron chi connectivity index (χ3n) is 4.27. The van der Waals surface area contributed by atoms with Gasteiger partial charge in [0.15, 0.2) is 5.58 Å². The molecule has 4 aromatic rings. The molecule has 0 atom stereocenters. The molecule has 9 heteroatoms. The van der Waals surface area contributed by atoms with Crippen molar-refractivity contribution >= 4 is 52.2 Å². The molecule has 30 heavy (non-hydrogen) atoms. The number of rotatable bonds is 5. The largest absolute Gasteiger partial charge is 0.462 e. The van der Waals surface area contributed by atoms with E-state index in [2.05, 4.69) is 20.3 Å². The Hall–Kier alpha value is -3.16. The maximum atomic E-state index is 12.6. The van der Waals surface area contributed by atoms with Gasteiger partial charge in [-0.15, -0.1) is 0 Å². The van der Waals surface area contributed by atoms with Gasteiger partial charge in [0.05, 0.1) is 23.0 Å². The molecular weight excluding hydrogens is 427 g/mol. The van der Waals surface area contributed by atoms with Crippen molar-refractivity contribution in [3.8, 4) is 11.3 Å². The van der Waals surface area contributed by atoms with Gasteiger partial charge >= 0.3 is 12.0 Å². The average Bonchev–Trinajstić information content (AvgIpc) is 3.10. The fourth-order valence-electron chi connectivity index (χ4n) is 2.97. The Morgan fingerprint density at radius 1 is 1.13 bits per heavy atom. The molecule has 0 aliphatic rings. The van der Waals surface area contributed by atoms with Crippen LogP contribution in [-0.2, 0) is 4.74 Å². The maximum Gasteiger partial charge on any atom is 0.342 e. The van der Waals surface area contributed by atoms with Gasteiger partial charge in [0, 0.05) is 10.6 Å². The molecule has 0 saturated carbocycles. The van der Waals surface area contributed by atoms with Crippen LogP contribution in [-0.4, -0.2) is 27.5 Å². The van der Waals surface area contributed by atoms with Crippen LogP contribution in [0, 0.1) is 6.92 Å². The van der Waals surface area contributed by atoms with E-state index in [-0.39, 0.29) is 24.1 Å². The number of nitrogens with one attached hydrogen (secondary N) is 1. The number of fused-ring (bicyclic) bond motifs is 1. The number of benzene rings is 2. The van der Waals surface area contributed by atoms with E-state index in [1.54, 1.807) is 32.0 Å². The summed E-state index contributed by atoms with van der Waals surface area (Å²) in [7, 11) is 0. The molecule has 2 aromatic heterocycles. The molecule has 2 heterocycles. The van der Waals surface area contributed by atoms with Crippen LogP contribution in [0.3, 0.4) is 0 Å². The summed E-state index contributed by atoms with van der Waals surface area (Å²) in [5.74, 6) is -0.336. The fourth-order valence-corrected chi connectivity index (χ4v) is 3.47. The van der Waals surface area contributed by atoms with E-state index < -0.39 is 5.97 Å². The minimum Gasteiger partial charge on any atom is -0.462 e. The number of nitrogens with zero attached hydrogens (tertiary/aromatic N) is 3. The van der Waals surface area contributed by atoms with Gasteiger partial charge in [0.1, 0.15) is 11.1 Å². The normalized spacial score (nSPS) is 10.9. The van der Waals surface area contributed by atoms with Crippen LogP contribution in [0.15, 0.2) is 46.9 Å². The quantitative estimate of drug-likeness (QED) is 0.389. The summed E-state index contributed by atoms with van der Waals surface area (Å²) in [4.78, 5) is 25.9. The highest BCUT2D eigenvalue weighted by atomic mass is 35.5. The molecule has 0 aliphatic heterocycles. The molecule has 1 N–H and O–H groups in total. The second-order valence-corrected chi connectivity index (χ2v) is 7.16. The van der Waals surface area contributed by atoms with Gasteiger partial charge in [-0.25, -0.2) is 14.8 Å². The van der Waals surface area contributed by atoms with Gasteiger partial charge in [-0.1, -0.05) is 35.3 Å². The predicted octanol–water partition coefficient (Wildman–Crippen LogP) is 5.82. The first-order valence-electron chi connectivity index (χ1n) is 9.10. The fraction of sp³-hybridized carbons (Fsp3) is 0.143. The number of aryl methyl sites for hydroxylation is 1. The van der Waals surface area contributed by atoms with E-state index in [9.17, 15) is 4.79 Å². The van der Waals surface area contributed by atoms with Crippen LogP contribution < -0.4 is 5.32 Å². The Bertz CT molecular complexity index is 1220. The molecule has 0 saturated heterocycles. The monoisotopic (exact) mass is 442 g/mol. The van der Waals surface area contributed by atoms with E-state index in [0.29, 0.717) is 38.1 Å². The van der Waals surface area contributed by atoms with E-state index in [4.69, 9.17) is 32.4 Å². The van der Waals surface area contributed by atoms with Crippen molar-refractivity contribution in [3.05, 3.63) is 63.8 Å². The maximum absolute atomic E-state index is 12.6. The molecule has 0 amide bonds. The number of anilines is 2. The molecule has 0 fully saturated rings. The summed E-state index contributed by atoms with van der Waals surface area (Å²) in [6.07, 6.45) is 0. The minimum atomic E-state index is -0.538. The number of hydrogen-bond donors (Lipinski definition) is 1. The molecule has 0 spiro atoms. The van der Waals surface area contributed by atoms with Crippen LogP contribution in [0.4, 0.5) is 12.0 Å². The Morgan fingerprint density at radius 3 is 2.67 bits per heavy atom. The van der Waals surface area contributed by atoms with Crippen molar-refractivity contribution in [1.29, 1.82) is 0 Å². The number of ether oxygens (including phenoxy) is 1. The number of hydrogen-bond acceptors (Lipinski definition) is 7. The second-order valence-electron chi connectivity index (χ2n) is 6.31. The summed E-state index contributed by atoms with van der Waals surface area (Å²) in [5, 5.41) is 3.77. The molecule has 0 unspecified atom stereocenters. The predicted molar refractivity (Wildman–Crippen MR) is 115 cm³/mol. The van der Waals surface area contributed by atoms with Crippen LogP contribution >= 0.6 is 23.2 Å². The molecule has 0 radical (unpaired) electrons. The zero-order valence-corrected chi connectivity index (χ0v) is 17.6. The van der Waals surface area contributed by atoms with E-state index >= 15 is 0 Å². The highest BCUT2D eigenvalue weighted by molar-refractivity contribution is 6.36. The Morgan fingerprint density at radius 2 is 1.93 bits per heavy atom. The topological polar surface area (TPSA) is 90.1 Å². The van der Waals surface area contributed by atoms with Gasteiger partial charge in [-0.2, -0.15) is 4.98 Å². The third kappa shape index (κ3) is 3.94. The first-order chi connectivity index (χ1) is 14.5. The van der Waals surface area contributed by atoms with Crippen molar-refractivity contribution in [2.24, 2.45) is 0 Å². The number of carbonyl (C=O) groups is 1. The number of oxazole rings is 1. The van der Waals surface area contributed by atoms with Gasteiger partial charge < -0.3 is 9.15 Å². The van der Waals surface area contributed by atoms with E-state index in [1.807, 2.05) is 24.3 Å². The highest BCUT2D eigenvalue weighted by Crippen LogP contribution is 2.33. The first kappa shape index (κ1) is 20.1. The minimum absolute atomic E-state index is 0.202. The van der Waals surface area contributed by atoms with Crippen molar-refractivity contribution in [2.75, 3.05) is 11.9 Å². The van der Waals surface area contributed by atoms with Crippen molar-refractivity contribution in [3.63, 3.8) is 0 Å². The molecule has 0 aliphatic carbocycles. The number of esters is 1. The number of aromatic nitrogens is 3. The molecular formula is C21H16Cl2N4O3. The van der Waals surface area contributed by atoms with Crippen molar-refractivity contribution in [2.45, 2.75) is 13.8 Å². The smallest absolute Gasteiger partial charge is 0.342 e. The zero-order valence-electron chi connectivity index (χ0n) is 16.1. The van der Waals surface area contributed by atoms with E-state index in [1.165, 1.54) is 0 Å². The molecule has 2 aromatic carbocycles. The summed E-state index contributed by atoms with van der Waals surface area (Å²) in [5.41, 5.74) is 2.81. The Kier molecular flexibility index (Phi) is 5.57. The van der Waals surface area contributed by atoms with E-state index in [0.717, 1.165) is 0 Å². The Labute approximate surface area is 182 Å². The lowest BCUT2D eigenvalue weighted by Gasteiger charge is -2.13. The molecule has 0 bridgehead atoms. The summed E-state index contributed by atoms with van der Waals surface area (Å²) < 4.78 is 10.9. The zero-order chi connectivity index (χ0) is 21.3. The second kappa shape index (κ2) is 8.30. The number of carbonyl (C=O) groups excluding carboxylic acids is 1. The van der Waals surface area contributed by atoms with Crippen molar-refractivity contribution in [1.82, 2.24) is 15.0 Å². The van der Waals surface area contributed by atoms with Crippen LogP contribution in [0.25, 0.3) is 22.4 Å². The lowest BCUT2D eigenvalue weighted by atomic mass is 10.0. The highest BCUT2D eigenvalue weighted by Gasteiger charge is 2.23. The number of para-hydroxylation sites is 2. The van der Waals surface area contributed by atoms with Crippen molar-refractivity contribution < 1.29 is 13.9 Å². The van der Waals surface area contributed by atoms with Crippen LogP contribution in [0.2, 0.25) is 10.0 Å². The van der Waals surface area contributed by atoms with Gasteiger partial charge in [-0.3, -0.25) is 5.32 Å². The lowest BCUT2D eigenvalue weighted by molar-refractivity contribution is 0.0525. The third-order valence-corrected chi connectivity index (χ3v) is 4.82. The lowest BCUT2D eigenvalue weighted by Crippen LogP contribution is -2.13. The summed E-state index contributed by atoms with van der Waals surface area (Å²) in [6.45, 7) is 3.64. The Balaban J connectivity index is 1.82.